The van der Waals surface area contributed by atoms with Gasteiger partial charge < -0.3 is 10.7 Å². The van der Waals surface area contributed by atoms with Crippen LogP contribution in [0.1, 0.15) is 12.8 Å². The van der Waals surface area contributed by atoms with Gasteiger partial charge in [0.2, 0.25) is 0 Å². The number of hydrazine groups is 1. The second-order valence-corrected chi connectivity index (χ2v) is 4.16. The number of nitrogen functional groups attached to an aromatic ring is 1. The molecule has 0 aliphatic carbocycles. The van der Waals surface area contributed by atoms with Gasteiger partial charge in [0.1, 0.15) is 11.6 Å². The normalized spacial score (nSPS) is 10.0. The van der Waals surface area contributed by atoms with Crippen molar-refractivity contribution in [3.63, 3.8) is 0 Å². The molecule has 4 N–H and O–H groups in total. The number of thioether (sulfide) groups is 1. The number of unbranched alkanes of at least 4 members (excludes halogenated alkanes) is 1. The van der Waals surface area contributed by atoms with E-state index in [0.717, 1.165) is 12.4 Å². The maximum absolute atomic E-state index is 5.27. The average molecular weight is 226 g/mol. The zero-order chi connectivity index (χ0) is 10.9. The monoisotopic (exact) mass is 226 g/mol. The SMILES string of the molecule is CSCCCCNc1cccc(NN)n1. The minimum atomic E-state index is 0.684. The third kappa shape index (κ3) is 4.90. The lowest BCUT2D eigenvalue weighted by atomic mass is 10.3. The minimum absolute atomic E-state index is 0.684. The predicted molar refractivity (Wildman–Crippen MR) is 68.2 cm³/mol. The fraction of sp³-hybridized carbons (Fsp3) is 0.500. The van der Waals surface area contributed by atoms with E-state index < -0.39 is 0 Å². The van der Waals surface area contributed by atoms with Crippen molar-refractivity contribution in [3.8, 4) is 0 Å². The molecule has 0 saturated carbocycles. The highest BCUT2D eigenvalue weighted by Crippen LogP contribution is 2.08. The summed E-state index contributed by atoms with van der Waals surface area (Å²) < 4.78 is 0. The molecule has 0 fully saturated rings. The van der Waals surface area contributed by atoms with Gasteiger partial charge in [-0.05, 0) is 37.0 Å². The van der Waals surface area contributed by atoms with Crippen LogP contribution in [0.4, 0.5) is 11.6 Å². The topological polar surface area (TPSA) is 63.0 Å². The quantitative estimate of drug-likeness (QED) is 0.377. The second kappa shape index (κ2) is 7.36. The van der Waals surface area contributed by atoms with Crippen LogP contribution in [0.3, 0.4) is 0 Å². The highest BCUT2D eigenvalue weighted by atomic mass is 32.2. The highest BCUT2D eigenvalue weighted by Gasteiger charge is 1.94. The van der Waals surface area contributed by atoms with Gasteiger partial charge in [-0.25, -0.2) is 10.8 Å². The van der Waals surface area contributed by atoms with E-state index in [1.165, 1.54) is 18.6 Å². The van der Waals surface area contributed by atoms with Crippen LogP contribution in [0, 0.1) is 0 Å². The summed E-state index contributed by atoms with van der Waals surface area (Å²) in [6.07, 6.45) is 4.54. The summed E-state index contributed by atoms with van der Waals surface area (Å²) in [4.78, 5) is 4.26. The molecule has 0 spiro atoms. The van der Waals surface area contributed by atoms with Crippen molar-refractivity contribution < 1.29 is 0 Å². The molecule has 15 heavy (non-hydrogen) atoms. The van der Waals surface area contributed by atoms with E-state index in [4.69, 9.17) is 5.84 Å². The standard InChI is InChI=1S/C10H18N4S/c1-15-8-3-2-7-12-9-5-4-6-10(13-9)14-11/h4-6H,2-3,7-8,11H2,1H3,(H2,12,13,14). The summed E-state index contributed by atoms with van der Waals surface area (Å²) in [7, 11) is 0. The number of aromatic nitrogens is 1. The fourth-order valence-electron chi connectivity index (χ4n) is 1.20. The van der Waals surface area contributed by atoms with Crippen molar-refractivity contribution in [3.05, 3.63) is 18.2 Å². The van der Waals surface area contributed by atoms with E-state index in [0.29, 0.717) is 5.82 Å². The van der Waals surface area contributed by atoms with Gasteiger partial charge in [-0.3, -0.25) is 0 Å². The number of rotatable bonds is 7. The molecule has 0 aliphatic heterocycles. The van der Waals surface area contributed by atoms with E-state index in [2.05, 4.69) is 22.0 Å². The van der Waals surface area contributed by atoms with Crippen molar-refractivity contribution in [2.75, 3.05) is 29.3 Å². The van der Waals surface area contributed by atoms with Crippen molar-refractivity contribution in [2.45, 2.75) is 12.8 Å². The zero-order valence-corrected chi connectivity index (χ0v) is 9.81. The average Bonchev–Trinajstić information content (AvgIpc) is 2.29. The van der Waals surface area contributed by atoms with Crippen LogP contribution in [0.5, 0.6) is 0 Å². The Labute approximate surface area is 95.0 Å². The smallest absolute Gasteiger partial charge is 0.142 e. The van der Waals surface area contributed by atoms with E-state index in [9.17, 15) is 0 Å². The van der Waals surface area contributed by atoms with Crippen LogP contribution in [-0.2, 0) is 0 Å². The first-order chi connectivity index (χ1) is 7.36. The number of nitrogens with two attached hydrogens (primary N) is 1. The molecule has 0 aliphatic rings. The lowest BCUT2D eigenvalue weighted by Crippen LogP contribution is -2.10. The number of hydrogen-bond acceptors (Lipinski definition) is 5. The molecule has 84 valence electrons. The lowest BCUT2D eigenvalue weighted by Gasteiger charge is -2.06. The lowest BCUT2D eigenvalue weighted by molar-refractivity contribution is 0.840. The second-order valence-electron chi connectivity index (χ2n) is 3.18. The zero-order valence-electron chi connectivity index (χ0n) is 8.99. The van der Waals surface area contributed by atoms with Crippen LogP contribution in [0.2, 0.25) is 0 Å². The fourth-order valence-corrected chi connectivity index (χ4v) is 1.69. The maximum atomic E-state index is 5.27. The summed E-state index contributed by atoms with van der Waals surface area (Å²) in [6, 6.07) is 5.70. The van der Waals surface area contributed by atoms with E-state index in [1.807, 2.05) is 30.0 Å². The van der Waals surface area contributed by atoms with Gasteiger partial charge in [-0.2, -0.15) is 11.8 Å². The Balaban J connectivity index is 2.24. The molecule has 0 amide bonds. The Morgan fingerprint density at radius 1 is 1.33 bits per heavy atom. The van der Waals surface area contributed by atoms with Crippen molar-refractivity contribution in [1.29, 1.82) is 0 Å². The third-order valence-corrected chi connectivity index (χ3v) is 2.68. The summed E-state index contributed by atoms with van der Waals surface area (Å²) >= 11 is 1.88. The third-order valence-electron chi connectivity index (χ3n) is 1.98. The highest BCUT2D eigenvalue weighted by molar-refractivity contribution is 7.98. The van der Waals surface area contributed by atoms with Crippen molar-refractivity contribution in [1.82, 2.24) is 4.98 Å². The molecule has 5 heteroatoms. The van der Waals surface area contributed by atoms with E-state index >= 15 is 0 Å². The molecule has 4 nitrogen and oxygen atoms in total. The first-order valence-electron chi connectivity index (χ1n) is 5.03. The molecule has 0 radical (unpaired) electrons. The van der Waals surface area contributed by atoms with Crippen molar-refractivity contribution >= 4 is 23.4 Å². The maximum Gasteiger partial charge on any atom is 0.142 e. The number of pyridine rings is 1. The molecule has 0 aromatic carbocycles. The van der Waals surface area contributed by atoms with Crippen LogP contribution in [0.15, 0.2) is 18.2 Å². The first kappa shape index (κ1) is 12.1. The molecule has 1 aromatic heterocycles. The summed E-state index contributed by atoms with van der Waals surface area (Å²) in [5.41, 5.74) is 2.52. The Hall–Kier alpha value is -0.940. The number of anilines is 2. The van der Waals surface area contributed by atoms with Gasteiger partial charge in [0.05, 0.1) is 0 Å². The molecule has 0 unspecified atom stereocenters. The van der Waals surface area contributed by atoms with Gasteiger partial charge in [-0.1, -0.05) is 6.07 Å². The first-order valence-corrected chi connectivity index (χ1v) is 6.42. The van der Waals surface area contributed by atoms with Crippen LogP contribution in [0.25, 0.3) is 0 Å². The summed E-state index contributed by atoms with van der Waals surface area (Å²) in [6.45, 7) is 0.960. The van der Waals surface area contributed by atoms with Gasteiger partial charge >= 0.3 is 0 Å². The molecule has 0 saturated heterocycles. The molecular weight excluding hydrogens is 208 g/mol. The van der Waals surface area contributed by atoms with Crippen LogP contribution >= 0.6 is 11.8 Å². The predicted octanol–water partition coefficient (Wildman–Crippen LogP) is 1.92. The van der Waals surface area contributed by atoms with Crippen LogP contribution < -0.4 is 16.6 Å². The Kier molecular flexibility index (Phi) is 5.96. The van der Waals surface area contributed by atoms with E-state index in [-0.39, 0.29) is 0 Å². The summed E-state index contributed by atoms with van der Waals surface area (Å²) in [5, 5.41) is 3.26. The van der Waals surface area contributed by atoms with Gasteiger partial charge in [0.15, 0.2) is 0 Å². The molecular formula is C10H18N4S. The largest absolute Gasteiger partial charge is 0.370 e. The van der Waals surface area contributed by atoms with E-state index in [1.54, 1.807) is 0 Å². The Bertz CT molecular complexity index is 280. The van der Waals surface area contributed by atoms with Crippen molar-refractivity contribution in [2.24, 2.45) is 5.84 Å². The van der Waals surface area contributed by atoms with Crippen LogP contribution in [-0.4, -0.2) is 23.5 Å². The number of nitrogens with zero attached hydrogens (tertiary/aromatic N) is 1. The molecule has 0 atom stereocenters. The number of nitrogens with one attached hydrogen (secondary N) is 2. The molecule has 1 heterocycles. The Morgan fingerprint density at radius 3 is 2.87 bits per heavy atom. The molecule has 1 aromatic rings. The Morgan fingerprint density at radius 2 is 2.13 bits per heavy atom. The minimum Gasteiger partial charge on any atom is -0.370 e. The molecule has 1 rings (SSSR count). The van der Waals surface area contributed by atoms with Gasteiger partial charge in [0, 0.05) is 6.54 Å². The molecule has 0 bridgehead atoms. The van der Waals surface area contributed by atoms with Gasteiger partial charge in [-0.15, -0.1) is 0 Å². The number of hydrogen-bond donors (Lipinski definition) is 3. The summed E-state index contributed by atoms with van der Waals surface area (Å²) in [5.74, 6) is 8.05. The van der Waals surface area contributed by atoms with Gasteiger partial charge in [0.25, 0.3) is 0 Å².